The lowest BCUT2D eigenvalue weighted by Gasteiger charge is -2.34. The Labute approximate surface area is 390 Å². The molecule has 4 fully saturated rings. The van der Waals surface area contributed by atoms with Crippen LogP contribution in [0.4, 0.5) is 25.4 Å². The van der Waals surface area contributed by atoms with Gasteiger partial charge in [0.05, 0.1) is 59.0 Å². The SMILES string of the molecule is COC(=O)N[C@H](C(=O)N1CCC[C@H]1c1nc2cc([C@@H]3CC[C@@H](c4ccc5[nH]c([C@@H]6CCCN6C(=O)[C@@H](NC(=O)O)C(C)C)nc5c4)N3c3ccc(N4CCCCC4)c(F)c3)ccc2[nH]1)C(C)C. The number of H-pyrrole nitrogens is 2. The average molecular weight is 919 g/mol. The molecule has 2 aromatic heterocycles. The maximum atomic E-state index is 16.4. The second kappa shape index (κ2) is 19.1. The topological polar surface area (TPSA) is 192 Å². The highest BCUT2D eigenvalue weighted by atomic mass is 19.1. The third-order valence-electron chi connectivity index (χ3n) is 14.4. The normalized spacial score (nSPS) is 22.0. The Hall–Kier alpha value is -6.39. The molecule has 0 aliphatic carbocycles. The van der Waals surface area contributed by atoms with E-state index in [1.54, 1.807) is 11.0 Å². The van der Waals surface area contributed by atoms with E-state index in [1.807, 2.05) is 50.8 Å². The Morgan fingerprint density at radius 1 is 0.672 bits per heavy atom. The molecule has 16 nitrogen and oxygen atoms in total. The van der Waals surface area contributed by atoms with Crippen LogP contribution in [-0.4, -0.2) is 104 Å². The van der Waals surface area contributed by atoms with E-state index in [-0.39, 0.29) is 53.6 Å². The summed E-state index contributed by atoms with van der Waals surface area (Å²) in [5, 5.41) is 14.6. The third-order valence-corrected chi connectivity index (χ3v) is 14.4. The predicted molar refractivity (Wildman–Crippen MR) is 253 cm³/mol. The van der Waals surface area contributed by atoms with E-state index in [2.05, 4.69) is 60.7 Å². The Balaban J connectivity index is 1.02. The summed E-state index contributed by atoms with van der Waals surface area (Å²) in [7, 11) is 1.29. The van der Waals surface area contributed by atoms with Crippen molar-refractivity contribution in [3.05, 3.63) is 83.2 Å². The van der Waals surface area contributed by atoms with Gasteiger partial charge >= 0.3 is 12.2 Å². The molecule has 0 bridgehead atoms. The van der Waals surface area contributed by atoms with Crippen molar-refractivity contribution in [2.75, 3.05) is 43.1 Å². The van der Waals surface area contributed by atoms with Crippen molar-refractivity contribution in [1.82, 2.24) is 40.4 Å². The smallest absolute Gasteiger partial charge is 0.407 e. The van der Waals surface area contributed by atoms with Crippen molar-refractivity contribution >= 4 is 57.4 Å². The monoisotopic (exact) mass is 918 g/mol. The highest BCUT2D eigenvalue weighted by Crippen LogP contribution is 2.48. The van der Waals surface area contributed by atoms with Gasteiger partial charge in [0.2, 0.25) is 11.8 Å². The van der Waals surface area contributed by atoms with E-state index in [4.69, 9.17) is 14.7 Å². The number of alkyl carbamates (subject to hydrolysis) is 1. The first-order valence-corrected chi connectivity index (χ1v) is 24.1. The molecule has 0 spiro atoms. The number of piperidine rings is 1. The number of likely N-dealkylation sites (tertiary alicyclic amines) is 2. The van der Waals surface area contributed by atoms with Gasteiger partial charge in [-0.1, -0.05) is 39.8 Å². The van der Waals surface area contributed by atoms with Crippen molar-refractivity contribution in [3.8, 4) is 0 Å². The summed E-state index contributed by atoms with van der Waals surface area (Å²) in [5.74, 6) is 0.333. The van der Waals surface area contributed by atoms with Crippen molar-refractivity contribution < 1.29 is 33.4 Å². The number of nitrogens with one attached hydrogen (secondary N) is 4. The van der Waals surface area contributed by atoms with Crippen molar-refractivity contribution in [2.24, 2.45) is 11.8 Å². The largest absolute Gasteiger partial charge is 0.465 e. The van der Waals surface area contributed by atoms with Crippen LogP contribution in [0.1, 0.15) is 132 Å². The average Bonchev–Trinajstić information content (AvgIpc) is 4.18. The van der Waals surface area contributed by atoms with E-state index in [9.17, 15) is 24.3 Å². The summed E-state index contributed by atoms with van der Waals surface area (Å²) < 4.78 is 21.2. The third kappa shape index (κ3) is 9.08. The fourth-order valence-corrected chi connectivity index (χ4v) is 11.0. The Bertz CT molecular complexity index is 2640. The van der Waals surface area contributed by atoms with Crippen molar-refractivity contribution in [1.29, 1.82) is 0 Å². The molecule has 5 aromatic rings. The van der Waals surface area contributed by atoms with Gasteiger partial charge in [0.15, 0.2) is 0 Å². The molecule has 5 N–H and O–H groups in total. The van der Waals surface area contributed by atoms with Crippen LogP contribution in [0, 0.1) is 17.7 Å². The number of anilines is 2. The fourth-order valence-electron chi connectivity index (χ4n) is 11.0. The zero-order chi connectivity index (χ0) is 47.1. The number of nitrogens with zero attached hydrogens (tertiary/aromatic N) is 6. The van der Waals surface area contributed by atoms with Gasteiger partial charge < -0.3 is 50.0 Å². The Morgan fingerprint density at radius 2 is 1.19 bits per heavy atom. The number of imidazole rings is 2. The summed E-state index contributed by atoms with van der Waals surface area (Å²) >= 11 is 0. The highest BCUT2D eigenvalue weighted by molar-refractivity contribution is 5.87. The summed E-state index contributed by atoms with van der Waals surface area (Å²) in [6, 6.07) is 15.7. The Kier molecular flexibility index (Phi) is 13.0. The number of carbonyl (C=O) groups is 4. The maximum Gasteiger partial charge on any atom is 0.407 e. The summed E-state index contributed by atoms with van der Waals surface area (Å²) in [4.78, 5) is 76.6. The van der Waals surface area contributed by atoms with E-state index in [1.165, 1.54) is 7.11 Å². The lowest BCUT2D eigenvalue weighted by atomic mass is 10.0. The van der Waals surface area contributed by atoms with Crippen LogP contribution in [-0.2, 0) is 14.3 Å². The van der Waals surface area contributed by atoms with Crippen LogP contribution >= 0.6 is 0 Å². The van der Waals surface area contributed by atoms with Gasteiger partial charge in [0.1, 0.15) is 29.5 Å². The molecular formula is C50H63FN10O6. The number of carboxylic acid groups (broad SMARTS) is 1. The molecule has 9 rings (SSSR count). The molecule has 6 heterocycles. The molecule has 3 aromatic carbocycles. The molecule has 0 unspecified atom stereocenters. The predicted octanol–water partition coefficient (Wildman–Crippen LogP) is 8.65. The number of hydrogen-bond acceptors (Lipinski definition) is 9. The van der Waals surface area contributed by atoms with Crippen LogP contribution in [0.15, 0.2) is 54.6 Å². The number of halogens is 1. The van der Waals surface area contributed by atoms with Crippen LogP contribution in [0.25, 0.3) is 22.1 Å². The quantitative estimate of drug-likeness (QED) is 0.0809. The van der Waals surface area contributed by atoms with Crippen LogP contribution in [0.2, 0.25) is 0 Å². The molecular weight excluding hydrogens is 856 g/mol. The number of methoxy groups -OCH3 is 1. The first-order valence-electron chi connectivity index (χ1n) is 24.1. The second-order valence-electron chi connectivity index (χ2n) is 19.4. The highest BCUT2D eigenvalue weighted by Gasteiger charge is 2.41. The molecule has 17 heteroatoms. The van der Waals surface area contributed by atoms with Gasteiger partial charge in [-0.05, 0) is 123 Å². The minimum Gasteiger partial charge on any atom is -0.465 e. The second-order valence-corrected chi connectivity index (χ2v) is 19.4. The number of aromatic amines is 2. The molecule has 4 aliphatic rings. The minimum absolute atomic E-state index is 0.118. The lowest BCUT2D eigenvalue weighted by Crippen LogP contribution is -2.51. The van der Waals surface area contributed by atoms with Gasteiger partial charge in [-0.2, -0.15) is 0 Å². The molecule has 4 aliphatic heterocycles. The van der Waals surface area contributed by atoms with E-state index in [0.717, 1.165) is 103 Å². The molecule has 356 valence electrons. The van der Waals surface area contributed by atoms with Gasteiger partial charge in [0.25, 0.3) is 0 Å². The number of fused-ring (bicyclic) bond motifs is 2. The number of rotatable bonds is 12. The summed E-state index contributed by atoms with van der Waals surface area (Å²) in [5.41, 5.74) is 6.72. The summed E-state index contributed by atoms with van der Waals surface area (Å²) in [6.45, 7) is 10.2. The van der Waals surface area contributed by atoms with Crippen LogP contribution in [0.5, 0.6) is 0 Å². The minimum atomic E-state index is -1.23. The van der Waals surface area contributed by atoms with Gasteiger partial charge in [-0.15, -0.1) is 0 Å². The standard InChI is InChI=1S/C50H63FN10O6/c1-28(2)43(56-49(64)65)47(62)59-23-9-11-41(59)45-52-34-16-13-30(25-36(34)54-45)38-19-20-39(61(38)32-15-18-40(33(51)27-32)58-21-7-6-8-22-58)31-14-17-35-37(26-31)55-46(53-35)42-12-10-24-60(42)48(63)44(29(3)4)57-50(66)67-5/h13-18,25-29,38-39,41-44,56H,6-12,19-24H2,1-5H3,(H,52,54)(H,53,55)(H,57,66)(H,64,65)/t38-,39-,41-,42-,43-,44-/m0/s1. The molecule has 0 saturated carbocycles. The lowest BCUT2D eigenvalue weighted by molar-refractivity contribution is -0.136. The fraction of sp³-hybridized carbons (Fsp3) is 0.520. The van der Waals surface area contributed by atoms with Crippen LogP contribution in [0.3, 0.4) is 0 Å². The van der Waals surface area contributed by atoms with E-state index >= 15 is 4.39 Å². The number of carbonyl (C=O) groups excluding carboxylic acids is 3. The number of aromatic nitrogens is 4. The molecule has 67 heavy (non-hydrogen) atoms. The van der Waals surface area contributed by atoms with Gasteiger partial charge in [0, 0.05) is 31.9 Å². The van der Waals surface area contributed by atoms with Crippen LogP contribution < -0.4 is 20.4 Å². The number of amides is 4. The zero-order valence-corrected chi connectivity index (χ0v) is 39.1. The first kappa shape index (κ1) is 45.8. The Morgan fingerprint density at radius 3 is 1.67 bits per heavy atom. The maximum absolute atomic E-state index is 16.4. The van der Waals surface area contributed by atoms with Gasteiger partial charge in [-0.25, -0.2) is 23.9 Å². The van der Waals surface area contributed by atoms with Crippen molar-refractivity contribution in [2.45, 2.75) is 122 Å². The van der Waals surface area contributed by atoms with E-state index in [0.29, 0.717) is 36.8 Å². The molecule has 4 saturated heterocycles. The first-order chi connectivity index (χ1) is 32.3. The number of benzene rings is 3. The summed E-state index contributed by atoms with van der Waals surface area (Å²) in [6.07, 6.45) is 5.98. The zero-order valence-electron chi connectivity index (χ0n) is 39.1. The van der Waals surface area contributed by atoms with Gasteiger partial charge in [-0.3, -0.25) is 9.59 Å². The van der Waals surface area contributed by atoms with Crippen molar-refractivity contribution in [3.63, 3.8) is 0 Å². The van der Waals surface area contributed by atoms with E-state index < -0.39 is 24.3 Å². The number of hydrogen-bond donors (Lipinski definition) is 5. The molecule has 4 amide bonds. The molecule has 6 atom stereocenters. The number of ether oxygens (including phenoxy) is 1. The molecule has 0 radical (unpaired) electrons.